The quantitative estimate of drug-likeness (QED) is 0.425. The Labute approximate surface area is 145 Å². The van der Waals surface area contributed by atoms with E-state index in [1.54, 1.807) is 24.3 Å². The molecule has 0 bridgehead atoms. The van der Waals surface area contributed by atoms with E-state index in [1.165, 1.54) is 12.1 Å². The monoisotopic (exact) mass is 353 g/mol. The third kappa shape index (κ3) is 5.05. The van der Waals surface area contributed by atoms with Gasteiger partial charge in [-0.1, -0.05) is 36.5 Å². The van der Waals surface area contributed by atoms with E-state index in [1.807, 2.05) is 6.92 Å². The summed E-state index contributed by atoms with van der Waals surface area (Å²) in [6.45, 7) is 2.00. The van der Waals surface area contributed by atoms with Crippen molar-refractivity contribution >= 4 is 34.9 Å². The Hall–Kier alpha value is -1.91. The van der Waals surface area contributed by atoms with E-state index in [0.29, 0.717) is 29.4 Å². The smallest absolute Gasteiger partial charge is 0.311 e. The summed E-state index contributed by atoms with van der Waals surface area (Å²) in [4.78, 5) is 11.7. The van der Waals surface area contributed by atoms with Gasteiger partial charge in [-0.3, -0.25) is 4.79 Å². The Kier molecular flexibility index (Phi) is 6.13. The van der Waals surface area contributed by atoms with Gasteiger partial charge in [0.25, 0.3) is 0 Å². The molecule has 2 N–H and O–H groups in total. The van der Waals surface area contributed by atoms with Gasteiger partial charge in [-0.2, -0.15) is 0 Å². The van der Waals surface area contributed by atoms with Crippen LogP contribution >= 0.6 is 23.2 Å². The molecule has 0 amide bonds. The minimum Gasteiger partial charge on any atom is -0.454 e. The zero-order chi connectivity index (χ0) is 16.8. The standard InChI is InChI=1S/C17H17Cl2NO3/c1-2-3-4-16(21)22-13-9-14(18)17(15(19)10-13)23-12-7-5-11(20)6-8-12/h5-10H,2-4,20H2,1H3. The number of halogens is 2. The number of unbranched alkanes of at least 4 members (excludes halogenated alkanes) is 1. The van der Waals surface area contributed by atoms with Gasteiger partial charge in [0.15, 0.2) is 5.75 Å². The van der Waals surface area contributed by atoms with Crippen LogP contribution in [0.5, 0.6) is 17.2 Å². The number of nitrogen functional groups attached to an aromatic ring is 1. The van der Waals surface area contributed by atoms with Gasteiger partial charge in [-0.25, -0.2) is 0 Å². The second-order valence-electron chi connectivity index (χ2n) is 4.96. The molecule has 4 nitrogen and oxygen atoms in total. The van der Waals surface area contributed by atoms with Crippen LogP contribution in [0.2, 0.25) is 10.0 Å². The maximum atomic E-state index is 11.7. The molecule has 0 fully saturated rings. The lowest BCUT2D eigenvalue weighted by molar-refractivity contribution is -0.134. The predicted octanol–water partition coefficient (Wildman–Crippen LogP) is 5.46. The van der Waals surface area contributed by atoms with Crippen LogP contribution in [0.1, 0.15) is 26.2 Å². The Bertz CT molecular complexity index is 664. The van der Waals surface area contributed by atoms with Crippen molar-refractivity contribution in [2.45, 2.75) is 26.2 Å². The second kappa shape index (κ2) is 8.09. The third-order valence-corrected chi connectivity index (χ3v) is 3.60. The fraction of sp³-hybridized carbons (Fsp3) is 0.235. The molecule has 2 aromatic rings. The van der Waals surface area contributed by atoms with Crippen molar-refractivity contribution in [2.24, 2.45) is 0 Å². The number of benzene rings is 2. The highest BCUT2D eigenvalue weighted by atomic mass is 35.5. The molecule has 0 radical (unpaired) electrons. The molecule has 0 atom stereocenters. The summed E-state index contributed by atoms with van der Waals surface area (Å²) < 4.78 is 10.9. The Balaban J connectivity index is 2.13. The first-order valence-electron chi connectivity index (χ1n) is 7.22. The van der Waals surface area contributed by atoms with Crippen molar-refractivity contribution in [1.29, 1.82) is 0 Å². The number of rotatable bonds is 6. The molecule has 2 aromatic carbocycles. The maximum absolute atomic E-state index is 11.7. The minimum atomic E-state index is -0.314. The normalized spacial score (nSPS) is 10.4. The van der Waals surface area contributed by atoms with Crippen molar-refractivity contribution in [2.75, 3.05) is 5.73 Å². The summed E-state index contributed by atoms with van der Waals surface area (Å²) in [5.74, 6) is 0.832. The van der Waals surface area contributed by atoms with E-state index in [2.05, 4.69) is 0 Å². The predicted molar refractivity (Wildman–Crippen MR) is 92.6 cm³/mol. The number of anilines is 1. The highest BCUT2D eigenvalue weighted by Gasteiger charge is 2.13. The van der Waals surface area contributed by atoms with Crippen LogP contribution in [0.3, 0.4) is 0 Å². The lowest BCUT2D eigenvalue weighted by atomic mass is 10.2. The Morgan fingerprint density at radius 2 is 1.70 bits per heavy atom. The maximum Gasteiger partial charge on any atom is 0.311 e. The van der Waals surface area contributed by atoms with E-state index in [9.17, 15) is 4.79 Å². The van der Waals surface area contributed by atoms with Gasteiger partial charge < -0.3 is 15.2 Å². The van der Waals surface area contributed by atoms with Crippen molar-refractivity contribution in [3.05, 3.63) is 46.4 Å². The zero-order valence-corrected chi connectivity index (χ0v) is 14.2. The van der Waals surface area contributed by atoms with Gasteiger partial charge in [0.2, 0.25) is 0 Å². The van der Waals surface area contributed by atoms with Gasteiger partial charge in [0.1, 0.15) is 11.5 Å². The van der Waals surface area contributed by atoms with Crippen LogP contribution in [0, 0.1) is 0 Å². The Morgan fingerprint density at radius 1 is 1.09 bits per heavy atom. The average Bonchev–Trinajstić information content (AvgIpc) is 2.50. The fourth-order valence-corrected chi connectivity index (χ4v) is 2.39. The van der Waals surface area contributed by atoms with Gasteiger partial charge in [-0.15, -0.1) is 0 Å². The SMILES string of the molecule is CCCCC(=O)Oc1cc(Cl)c(Oc2ccc(N)cc2)c(Cl)c1. The molecule has 0 heterocycles. The van der Waals surface area contributed by atoms with Crippen LogP contribution < -0.4 is 15.2 Å². The summed E-state index contributed by atoms with van der Waals surface area (Å²) >= 11 is 12.4. The highest BCUT2D eigenvalue weighted by molar-refractivity contribution is 6.37. The first-order chi connectivity index (χ1) is 11.0. The topological polar surface area (TPSA) is 61.5 Å². The molecule has 0 spiro atoms. The van der Waals surface area contributed by atoms with Crippen LogP contribution in [0.4, 0.5) is 5.69 Å². The third-order valence-electron chi connectivity index (χ3n) is 3.04. The van der Waals surface area contributed by atoms with Crippen LogP contribution in [-0.2, 0) is 4.79 Å². The van der Waals surface area contributed by atoms with E-state index in [0.717, 1.165) is 12.8 Å². The summed E-state index contributed by atoms with van der Waals surface area (Å²) in [5, 5.41) is 0.514. The molecule has 0 aliphatic carbocycles. The number of hydrogen-bond acceptors (Lipinski definition) is 4. The van der Waals surface area contributed by atoms with Crippen LogP contribution in [0.25, 0.3) is 0 Å². The van der Waals surface area contributed by atoms with E-state index >= 15 is 0 Å². The van der Waals surface area contributed by atoms with Crippen LogP contribution in [0.15, 0.2) is 36.4 Å². The average molecular weight is 354 g/mol. The second-order valence-corrected chi connectivity index (χ2v) is 5.78. The lowest BCUT2D eigenvalue weighted by Crippen LogP contribution is -2.07. The molecule has 0 aliphatic rings. The molecule has 0 aliphatic heterocycles. The van der Waals surface area contributed by atoms with Gasteiger partial charge in [0, 0.05) is 24.2 Å². The molecular formula is C17H17Cl2NO3. The molecule has 0 aromatic heterocycles. The molecule has 0 unspecified atom stereocenters. The van der Waals surface area contributed by atoms with Crippen LogP contribution in [-0.4, -0.2) is 5.97 Å². The van der Waals surface area contributed by atoms with E-state index in [-0.39, 0.29) is 16.0 Å². The largest absolute Gasteiger partial charge is 0.454 e. The van der Waals surface area contributed by atoms with Gasteiger partial charge in [0.05, 0.1) is 10.0 Å². The summed E-state index contributed by atoms with van der Waals surface area (Å²) in [6.07, 6.45) is 2.05. The van der Waals surface area contributed by atoms with Crippen molar-refractivity contribution < 1.29 is 14.3 Å². The molecule has 0 saturated carbocycles. The molecule has 23 heavy (non-hydrogen) atoms. The summed E-state index contributed by atoms with van der Waals surface area (Å²) in [5.41, 5.74) is 6.25. The zero-order valence-electron chi connectivity index (χ0n) is 12.6. The number of carbonyl (C=O) groups excluding carboxylic acids is 1. The fourth-order valence-electron chi connectivity index (χ4n) is 1.85. The number of hydrogen-bond donors (Lipinski definition) is 1. The van der Waals surface area contributed by atoms with Crippen molar-refractivity contribution in [1.82, 2.24) is 0 Å². The van der Waals surface area contributed by atoms with E-state index < -0.39 is 0 Å². The lowest BCUT2D eigenvalue weighted by Gasteiger charge is -2.12. The molecular weight excluding hydrogens is 337 g/mol. The number of carbonyl (C=O) groups is 1. The van der Waals surface area contributed by atoms with Crippen molar-refractivity contribution in [3.8, 4) is 17.2 Å². The summed E-state index contributed by atoms with van der Waals surface area (Å²) in [7, 11) is 0. The van der Waals surface area contributed by atoms with Crippen molar-refractivity contribution in [3.63, 3.8) is 0 Å². The molecule has 6 heteroatoms. The number of ether oxygens (including phenoxy) is 2. The first-order valence-corrected chi connectivity index (χ1v) is 7.98. The molecule has 122 valence electrons. The van der Waals surface area contributed by atoms with Gasteiger partial charge >= 0.3 is 5.97 Å². The minimum absolute atomic E-state index is 0.257. The summed E-state index contributed by atoms with van der Waals surface area (Å²) in [6, 6.07) is 9.84. The number of nitrogens with two attached hydrogens (primary N) is 1. The highest BCUT2D eigenvalue weighted by Crippen LogP contribution is 2.39. The van der Waals surface area contributed by atoms with E-state index in [4.69, 9.17) is 38.4 Å². The first kappa shape index (κ1) is 17.4. The number of esters is 1. The Morgan fingerprint density at radius 3 is 2.26 bits per heavy atom. The molecule has 0 saturated heterocycles. The molecule has 2 rings (SSSR count). The van der Waals surface area contributed by atoms with Gasteiger partial charge in [-0.05, 0) is 30.7 Å².